The van der Waals surface area contributed by atoms with Crippen molar-refractivity contribution in [2.45, 2.75) is 45.4 Å². The van der Waals surface area contributed by atoms with E-state index < -0.39 is 0 Å². The smallest absolute Gasteiger partial charge is 0.264 e. The van der Waals surface area contributed by atoms with Crippen LogP contribution in [0.2, 0.25) is 0 Å². The SMILES string of the molecule is CCCCCNC(=O)C(=N)CCCCN. The van der Waals surface area contributed by atoms with E-state index in [1.54, 1.807) is 0 Å². The molecule has 4 heteroatoms. The van der Waals surface area contributed by atoms with E-state index in [4.69, 9.17) is 11.1 Å². The Bertz CT molecular complexity index is 192. The van der Waals surface area contributed by atoms with E-state index in [2.05, 4.69) is 12.2 Å². The van der Waals surface area contributed by atoms with Gasteiger partial charge in [0.2, 0.25) is 0 Å². The van der Waals surface area contributed by atoms with Crippen molar-refractivity contribution in [1.29, 1.82) is 5.41 Å². The first-order valence-corrected chi connectivity index (χ1v) is 5.78. The lowest BCUT2D eigenvalue weighted by atomic mass is 10.1. The van der Waals surface area contributed by atoms with Crippen molar-refractivity contribution in [2.24, 2.45) is 5.73 Å². The maximum absolute atomic E-state index is 11.3. The molecule has 0 rings (SSSR count). The molecule has 0 fully saturated rings. The third kappa shape index (κ3) is 8.12. The second-order valence-corrected chi connectivity index (χ2v) is 3.69. The third-order valence-electron chi connectivity index (χ3n) is 2.22. The first-order valence-electron chi connectivity index (χ1n) is 5.78. The fourth-order valence-electron chi connectivity index (χ4n) is 1.24. The van der Waals surface area contributed by atoms with Gasteiger partial charge in [-0.15, -0.1) is 0 Å². The van der Waals surface area contributed by atoms with Gasteiger partial charge in [0.05, 0.1) is 5.71 Å². The van der Waals surface area contributed by atoms with E-state index in [1.165, 1.54) is 0 Å². The fraction of sp³-hybridized carbons (Fsp3) is 0.818. The summed E-state index contributed by atoms with van der Waals surface area (Å²) in [5.74, 6) is -0.219. The molecule has 0 radical (unpaired) electrons. The van der Waals surface area contributed by atoms with Crippen molar-refractivity contribution in [2.75, 3.05) is 13.1 Å². The average Bonchev–Trinajstić information content (AvgIpc) is 2.24. The highest BCUT2D eigenvalue weighted by Gasteiger charge is 2.07. The standard InChI is InChI=1S/C11H23N3O/c1-2-3-6-9-14-11(15)10(13)7-4-5-8-12/h13H,2-9,12H2,1H3,(H,14,15). The molecule has 15 heavy (non-hydrogen) atoms. The Hall–Kier alpha value is -0.900. The van der Waals surface area contributed by atoms with Crippen LogP contribution in [0, 0.1) is 5.41 Å². The number of hydrogen-bond acceptors (Lipinski definition) is 3. The summed E-state index contributed by atoms with van der Waals surface area (Å²) in [5, 5.41) is 10.3. The highest BCUT2D eigenvalue weighted by atomic mass is 16.1. The predicted molar refractivity (Wildman–Crippen MR) is 63.2 cm³/mol. The Balaban J connectivity index is 3.47. The fourth-order valence-corrected chi connectivity index (χ4v) is 1.24. The van der Waals surface area contributed by atoms with Crippen LogP contribution in [0.15, 0.2) is 0 Å². The van der Waals surface area contributed by atoms with Crippen molar-refractivity contribution in [3.05, 3.63) is 0 Å². The van der Waals surface area contributed by atoms with E-state index in [0.717, 1.165) is 32.1 Å². The summed E-state index contributed by atoms with van der Waals surface area (Å²) in [6.45, 7) is 3.44. The Kier molecular flexibility index (Phi) is 9.07. The number of hydrogen-bond donors (Lipinski definition) is 3. The number of amides is 1. The minimum absolute atomic E-state index is 0.181. The zero-order valence-corrected chi connectivity index (χ0v) is 9.64. The maximum atomic E-state index is 11.3. The first-order chi connectivity index (χ1) is 7.22. The van der Waals surface area contributed by atoms with Crippen molar-refractivity contribution < 1.29 is 4.79 Å². The summed E-state index contributed by atoms with van der Waals surface area (Å²) >= 11 is 0. The van der Waals surface area contributed by atoms with Crippen LogP contribution in [0.5, 0.6) is 0 Å². The van der Waals surface area contributed by atoms with Gasteiger partial charge in [-0.05, 0) is 32.2 Å². The lowest BCUT2D eigenvalue weighted by Crippen LogP contribution is -2.31. The zero-order valence-electron chi connectivity index (χ0n) is 9.64. The van der Waals surface area contributed by atoms with E-state index in [-0.39, 0.29) is 11.6 Å². The Labute approximate surface area is 92.1 Å². The Morgan fingerprint density at radius 1 is 1.27 bits per heavy atom. The van der Waals surface area contributed by atoms with Crippen molar-refractivity contribution in [3.8, 4) is 0 Å². The lowest BCUT2D eigenvalue weighted by Gasteiger charge is -2.05. The average molecular weight is 213 g/mol. The van der Waals surface area contributed by atoms with E-state index in [1.807, 2.05) is 0 Å². The zero-order chi connectivity index (χ0) is 11.5. The van der Waals surface area contributed by atoms with Crippen molar-refractivity contribution >= 4 is 11.6 Å². The van der Waals surface area contributed by atoms with Crippen LogP contribution in [-0.2, 0) is 4.79 Å². The molecule has 0 unspecified atom stereocenters. The van der Waals surface area contributed by atoms with Crippen LogP contribution in [0.4, 0.5) is 0 Å². The molecule has 0 spiro atoms. The van der Waals surface area contributed by atoms with Crippen LogP contribution in [0.25, 0.3) is 0 Å². The number of carbonyl (C=O) groups excluding carboxylic acids is 1. The van der Waals surface area contributed by atoms with Gasteiger partial charge in [0.1, 0.15) is 0 Å². The van der Waals surface area contributed by atoms with E-state index in [9.17, 15) is 4.79 Å². The van der Waals surface area contributed by atoms with Gasteiger partial charge in [-0.25, -0.2) is 0 Å². The largest absolute Gasteiger partial charge is 0.351 e. The molecule has 88 valence electrons. The second-order valence-electron chi connectivity index (χ2n) is 3.69. The Morgan fingerprint density at radius 3 is 2.60 bits per heavy atom. The van der Waals surface area contributed by atoms with Crippen LogP contribution < -0.4 is 11.1 Å². The van der Waals surface area contributed by atoms with Crippen LogP contribution in [0.1, 0.15) is 45.4 Å². The number of nitrogens with two attached hydrogens (primary N) is 1. The number of nitrogens with one attached hydrogen (secondary N) is 2. The molecular weight excluding hydrogens is 190 g/mol. The van der Waals surface area contributed by atoms with Gasteiger partial charge in [-0.1, -0.05) is 19.8 Å². The molecule has 0 aliphatic rings. The maximum Gasteiger partial charge on any atom is 0.264 e. The summed E-state index contributed by atoms with van der Waals surface area (Å²) < 4.78 is 0. The summed E-state index contributed by atoms with van der Waals surface area (Å²) in [4.78, 5) is 11.3. The molecule has 0 aliphatic carbocycles. The van der Waals surface area contributed by atoms with Crippen LogP contribution in [0.3, 0.4) is 0 Å². The summed E-state index contributed by atoms with van der Waals surface area (Å²) in [7, 11) is 0. The van der Waals surface area contributed by atoms with Gasteiger partial charge < -0.3 is 11.1 Å². The van der Waals surface area contributed by atoms with Gasteiger partial charge >= 0.3 is 0 Å². The highest BCUT2D eigenvalue weighted by Crippen LogP contribution is 1.96. The van der Waals surface area contributed by atoms with E-state index >= 15 is 0 Å². The predicted octanol–water partition coefficient (Wildman–Crippen LogP) is 1.44. The molecule has 1 amide bonds. The molecule has 0 aromatic rings. The van der Waals surface area contributed by atoms with Gasteiger partial charge in [0.25, 0.3) is 5.91 Å². The number of rotatable bonds is 9. The number of carbonyl (C=O) groups is 1. The molecule has 4 N–H and O–H groups in total. The van der Waals surface area contributed by atoms with Crippen LogP contribution >= 0.6 is 0 Å². The van der Waals surface area contributed by atoms with Gasteiger partial charge in [-0.2, -0.15) is 0 Å². The molecule has 0 saturated carbocycles. The molecule has 0 aromatic heterocycles. The topological polar surface area (TPSA) is 79.0 Å². The minimum Gasteiger partial charge on any atom is -0.351 e. The molecule has 0 atom stereocenters. The first kappa shape index (κ1) is 14.1. The van der Waals surface area contributed by atoms with E-state index in [0.29, 0.717) is 19.5 Å². The Morgan fingerprint density at radius 2 is 2.00 bits per heavy atom. The minimum atomic E-state index is -0.219. The highest BCUT2D eigenvalue weighted by molar-refractivity contribution is 6.37. The quantitative estimate of drug-likeness (QED) is 0.400. The van der Waals surface area contributed by atoms with Crippen molar-refractivity contribution in [3.63, 3.8) is 0 Å². The third-order valence-corrected chi connectivity index (χ3v) is 2.22. The van der Waals surface area contributed by atoms with Crippen LogP contribution in [-0.4, -0.2) is 24.7 Å². The molecule has 4 nitrogen and oxygen atoms in total. The van der Waals surface area contributed by atoms with Gasteiger partial charge in [-0.3, -0.25) is 10.2 Å². The molecule has 0 saturated heterocycles. The summed E-state index contributed by atoms with van der Waals surface area (Å²) in [6.07, 6.45) is 5.52. The van der Waals surface area contributed by atoms with Gasteiger partial charge in [0.15, 0.2) is 0 Å². The second kappa shape index (κ2) is 9.65. The summed E-state index contributed by atoms with van der Waals surface area (Å²) in [6, 6.07) is 0. The molecule has 0 heterocycles. The van der Waals surface area contributed by atoms with Crippen molar-refractivity contribution in [1.82, 2.24) is 5.32 Å². The monoisotopic (exact) mass is 213 g/mol. The molecule has 0 aromatic carbocycles. The molecule has 0 bridgehead atoms. The number of unbranched alkanes of at least 4 members (excludes halogenated alkanes) is 3. The normalized spacial score (nSPS) is 10.0. The lowest BCUT2D eigenvalue weighted by molar-refractivity contribution is -0.115. The molecule has 0 aliphatic heterocycles. The summed E-state index contributed by atoms with van der Waals surface area (Å²) in [5.41, 5.74) is 5.51. The van der Waals surface area contributed by atoms with Gasteiger partial charge in [0, 0.05) is 6.54 Å². The molecular formula is C11H23N3O.